The summed E-state index contributed by atoms with van der Waals surface area (Å²) in [6.45, 7) is 3.18. The van der Waals surface area contributed by atoms with Gasteiger partial charge in [-0.1, -0.05) is 17.7 Å². The molecule has 0 saturated heterocycles. The SMILES string of the molecule is COCCCNC(=O)c1cc(-c2ccc(OC)cc2)nn1-c1ccc(C)cc1. The monoisotopic (exact) mass is 379 g/mol. The zero-order valence-corrected chi connectivity index (χ0v) is 16.4. The van der Waals surface area contributed by atoms with Crippen LogP contribution in [0.25, 0.3) is 16.9 Å². The molecule has 0 fully saturated rings. The third-order valence-electron chi connectivity index (χ3n) is 4.42. The van der Waals surface area contributed by atoms with Gasteiger partial charge in [-0.25, -0.2) is 4.68 Å². The Hall–Kier alpha value is -3.12. The van der Waals surface area contributed by atoms with E-state index >= 15 is 0 Å². The molecule has 6 heteroatoms. The van der Waals surface area contributed by atoms with E-state index in [1.54, 1.807) is 18.9 Å². The molecule has 1 amide bonds. The van der Waals surface area contributed by atoms with Crippen molar-refractivity contribution in [2.24, 2.45) is 0 Å². The van der Waals surface area contributed by atoms with Crippen molar-refractivity contribution in [2.45, 2.75) is 13.3 Å². The molecule has 0 aliphatic heterocycles. The van der Waals surface area contributed by atoms with E-state index in [-0.39, 0.29) is 5.91 Å². The van der Waals surface area contributed by atoms with E-state index in [0.717, 1.165) is 34.7 Å². The van der Waals surface area contributed by atoms with E-state index in [9.17, 15) is 4.79 Å². The lowest BCUT2D eigenvalue weighted by Crippen LogP contribution is -2.27. The Labute approximate surface area is 165 Å². The Morgan fingerprint density at radius 2 is 1.79 bits per heavy atom. The molecule has 0 bridgehead atoms. The predicted molar refractivity (Wildman–Crippen MR) is 109 cm³/mol. The number of nitrogens with one attached hydrogen (secondary N) is 1. The average molecular weight is 379 g/mol. The molecule has 2 aromatic carbocycles. The predicted octanol–water partition coefficient (Wildman–Crippen LogP) is 3.62. The number of rotatable bonds is 8. The van der Waals surface area contributed by atoms with E-state index in [2.05, 4.69) is 5.32 Å². The van der Waals surface area contributed by atoms with Crippen LogP contribution in [0.5, 0.6) is 5.75 Å². The molecule has 1 N–H and O–H groups in total. The first kappa shape index (κ1) is 19.6. The maximum atomic E-state index is 12.8. The van der Waals surface area contributed by atoms with Crippen LogP contribution < -0.4 is 10.1 Å². The molecule has 0 radical (unpaired) electrons. The van der Waals surface area contributed by atoms with Gasteiger partial charge in [0.05, 0.1) is 18.5 Å². The summed E-state index contributed by atoms with van der Waals surface area (Å²) in [5, 5.41) is 7.63. The van der Waals surface area contributed by atoms with Crippen LogP contribution in [0.1, 0.15) is 22.5 Å². The molecule has 0 aliphatic carbocycles. The molecule has 0 aliphatic rings. The number of aromatic nitrogens is 2. The highest BCUT2D eigenvalue weighted by molar-refractivity contribution is 5.94. The summed E-state index contributed by atoms with van der Waals surface area (Å²) in [6.07, 6.45) is 0.756. The Morgan fingerprint density at radius 3 is 2.43 bits per heavy atom. The van der Waals surface area contributed by atoms with E-state index in [0.29, 0.717) is 18.8 Å². The minimum atomic E-state index is -0.163. The third kappa shape index (κ3) is 4.58. The van der Waals surface area contributed by atoms with Crippen molar-refractivity contribution in [3.63, 3.8) is 0 Å². The highest BCUT2D eigenvalue weighted by atomic mass is 16.5. The van der Waals surface area contributed by atoms with E-state index in [1.807, 2.05) is 61.5 Å². The first-order chi connectivity index (χ1) is 13.6. The molecule has 3 aromatic rings. The van der Waals surface area contributed by atoms with Crippen molar-refractivity contribution < 1.29 is 14.3 Å². The van der Waals surface area contributed by atoms with Gasteiger partial charge in [0.2, 0.25) is 0 Å². The van der Waals surface area contributed by atoms with Gasteiger partial charge in [-0.05, 0) is 55.8 Å². The minimum absolute atomic E-state index is 0.163. The van der Waals surface area contributed by atoms with Crippen LogP contribution in [0.2, 0.25) is 0 Å². The van der Waals surface area contributed by atoms with Crippen molar-refractivity contribution in [3.8, 4) is 22.7 Å². The third-order valence-corrected chi connectivity index (χ3v) is 4.42. The zero-order valence-electron chi connectivity index (χ0n) is 16.4. The van der Waals surface area contributed by atoms with Gasteiger partial charge in [-0.15, -0.1) is 0 Å². The molecule has 1 aromatic heterocycles. The molecular formula is C22H25N3O3. The lowest BCUT2D eigenvalue weighted by Gasteiger charge is -2.08. The molecule has 0 spiro atoms. The Balaban J connectivity index is 1.94. The van der Waals surface area contributed by atoms with Gasteiger partial charge in [0, 0.05) is 25.8 Å². The summed E-state index contributed by atoms with van der Waals surface area (Å²) in [4.78, 5) is 12.8. The standard InChI is InChI=1S/C22H25N3O3/c1-16-5-9-18(10-6-16)25-21(22(26)23-13-4-14-27-2)15-20(24-25)17-7-11-19(28-3)12-8-17/h5-12,15H,4,13-14H2,1-3H3,(H,23,26). The molecule has 146 valence electrons. The summed E-state index contributed by atoms with van der Waals surface area (Å²) >= 11 is 0. The van der Waals surface area contributed by atoms with Gasteiger partial charge >= 0.3 is 0 Å². The number of hydrogen-bond donors (Lipinski definition) is 1. The second-order valence-corrected chi connectivity index (χ2v) is 6.49. The molecule has 28 heavy (non-hydrogen) atoms. The van der Waals surface area contributed by atoms with Gasteiger partial charge < -0.3 is 14.8 Å². The van der Waals surface area contributed by atoms with Crippen molar-refractivity contribution in [2.75, 3.05) is 27.4 Å². The molecule has 0 atom stereocenters. The van der Waals surface area contributed by atoms with Gasteiger partial charge in [0.1, 0.15) is 11.4 Å². The van der Waals surface area contributed by atoms with E-state index < -0.39 is 0 Å². The number of nitrogens with zero attached hydrogens (tertiary/aromatic N) is 2. The molecule has 0 unspecified atom stereocenters. The Bertz CT molecular complexity index is 915. The van der Waals surface area contributed by atoms with Crippen LogP contribution in [-0.4, -0.2) is 43.1 Å². The number of carbonyl (C=O) groups excluding carboxylic acids is 1. The van der Waals surface area contributed by atoms with Gasteiger partial charge in [-0.2, -0.15) is 5.10 Å². The van der Waals surface area contributed by atoms with Gasteiger partial charge in [0.15, 0.2) is 0 Å². The van der Waals surface area contributed by atoms with Crippen LogP contribution in [0.4, 0.5) is 0 Å². The quantitative estimate of drug-likeness (QED) is 0.607. The molecule has 6 nitrogen and oxygen atoms in total. The first-order valence-electron chi connectivity index (χ1n) is 9.21. The molecule has 0 saturated carbocycles. The Morgan fingerprint density at radius 1 is 1.07 bits per heavy atom. The molecule has 3 rings (SSSR count). The summed E-state index contributed by atoms with van der Waals surface area (Å²) < 4.78 is 11.9. The number of methoxy groups -OCH3 is 2. The second kappa shape index (κ2) is 9.19. The van der Waals surface area contributed by atoms with Crippen LogP contribution >= 0.6 is 0 Å². The Kier molecular flexibility index (Phi) is 6.45. The molecule has 1 heterocycles. The second-order valence-electron chi connectivity index (χ2n) is 6.49. The van der Waals surface area contributed by atoms with Crippen LogP contribution in [0.15, 0.2) is 54.6 Å². The minimum Gasteiger partial charge on any atom is -0.497 e. The summed E-state index contributed by atoms with van der Waals surface area (Å²) in [5.74, 6) is 0.613. The van der Waals surface area contributed by atoms with E-state index in [1.165, 1.54) is 0 Å². The lowest BCUT2D eigenvalue weighted by molar-refractivity contribution is 0.0941. The van der Waals surface area contributed by atoms with Crippen molar-refractivity contribution >= 4 is 5.91 Å². The van der Waals surface area contributed by atoms with Gasteiger partial charge in [0.25, 0.3) is 5.91 Å². The number of ether oxygens (including phenoxy) is 2. The van der Waals surface area contributed by atoms with E-state index in [4.69, 9.17) is 14.6 Å². The lowest BCUT2D eigenvalue weighted by atomic mass is 10.1. The maximum Gasteiger partial charge on any atom is 0.270 e. The van der Waals surface area contributed by atoms with Crippen LogP contribution in [-0.2, 0) is 4.74 Å². The number of benzene rings is 2. The highest BCUT2D eigenvalue weighted by Gasteiger charge is 2.17. The summed E-state index contributed by atoms with van der Waals surface area (Å²) in [6, 6.07) is 17.4. The fourth-order valence-electron chi connectivity index (χ4n) is 2.84. The fourth-order valence-corrected chi connectivity index (χ4v) is 2.84. The average Bonchev–Trinajstić information content (AvgIpc) is 3.17. The number of amides is 1. The van der Waals surface area contributed by atoms with Crippen molar-refractivity contribution in [3.05, 3.63) is 65.9 Å². The highest BCUT2D eigenvalue weighted by Crippen LogP contribution is 2.24. The largest absolute Gasteiger partial charge is 0.497 e. The van der Waals surface area contributed by atoms with Gasteiger partial charge in [-0.3, -0.25) is 4.79 Å². The number of hydrogen-bond acceptors (Lipinski definition) is 4. The topological polar surface area (TPSA) is 65.4 Å². The number of carbonyl (C=O) groups is 1. The summed E-state index contributed by atoms with van der Waals surface area (Å²) in [7, 11) is 3.28. The first-order valence-corrected chi connectivity index (χ1v) is 9.21. The zero-order chi connectivity index (χ0) is 19.9. The van der Waals surface area contributed by atoms with Crippen molar-refractivity contribution in [1.82, 2.24) is 15.1 Å². The maximum absolute atomic E-state index is 12.8. The fraction of sp³-hybridized carbons (Fsp3) is 0.273. The van der Waals surface area contributed by atoms with Crippen LogP contribution in [0.3, 0.4) is 0 Å². The normalized spacial score (nSPS) is 10.7. The smallest absolute Gasteiger partial charge is 0.270 e. The van der Waals surface area contributed by atoms with Crippen molar-refractivity contribution in [1.29, 1.82) is 0 Å². The van der Waals surface area contributed by atoms with Crippen LogP contribution in [0, 0.1) is 6.92 Å². The number of aryl methyl sites for hydroxylation is 1. The summed E-state index contributed by atoms with van der Waals surface area (Å²) in [5.41, 5.74) is 4.13. The molecular weight excluding hydrogens is 354 g/mol.